The highest BCUT2D eigenvalue weighted by Crippen LogP contribution is 2.21. The van der Waals surface area contributed by atoms with E-state index >= 15 is 0 Å². The molecule has 1 amide bonds. The van der Waals surface area contributed by atoms with E-state index in [-0.39, 0.29) is 29.1 Å². The third-order valence-electron chi connectivity index (χ3n) is 6.33. The van der Waals surface area contributed by atoms with Crippen molar-refractivity contribution in [3.63, 3.8) is 0 Å². The van der Waals surface area contributed by atoms with Crippen LogP contribution in [0.1, 0.15) is 59.4 Å². The highest BCUT2D eigenvalue weighted by molar-refractivity contribution is 7.99. The van der Waals surface area contributed by atoms with Crippen molar-refractivity contribution in [2.45, 2.75) is 57.8 Å². The molecule has 1 aliphatic heterocycles. The minimum atomic E-state index is -0.220. The quantitative estimate of drug-likeness (QED) is 0.244. The van der Waals surface area contributed by atoms with E-state index in [0.717, 1.165) is 31.4 Å². The molecule has 3 aromatic rings. The van der Waals surface area contributed by atoms with Crippen LogP contribution in [0, 0.1) is 12.8 Å². The van der Waals surface area contributed by atoms with Crippen LogP contribution >= 0.6 is 11.8 Å². The maximum atomic E-state index is 13.4. The summed E-state index contributed by atoms with van der Waals surface area (Å²) in [6, 6.07) is 12.4. The van der Waals surface area contributed by atoms with Crippen molar-refractivity contribution < 1.29 is 14.3 Å². The average Bonchev–Trinajstić information content (AvgIpc) is 3.39. The van der Waals surface area contributed by atoms with Crippen molar-refractivity contribution in [2.24, 2.45) is 5.92 Å². The van der Waals surface area contributed by atoms with Crippen molar-refractivity contribution in [3.8, 4) is 0 Å². The predicted molar refractivity (Wildman–Crippen MR) is 143 cm³/mol. The smallest absolute Gasteiger partial charge is 0.262 e. The molecule has 1 N–H and O–H groups in total. The second kappa shape index (κ2) is 11.8. The maximum absolute atomic E-state index is 13.4. The van der Waals surface area contributed by atoms with Gasteiger partial charge < -0.3 is 10.1 Å². The molecule has 1 saturated heterocycles. The zero-order chi connectivity index (χ0) is 25.7. The van der Waals surface area contributed by atoms with E-state index in [9.17, 15) is 14.4 Å². The first-order chi connectivity index (χ1) is 17.3. The first-order valence-corrected chi connectivity index (χ1v) is 13.5. The Balaban J connectivity index is 1.59. The van der Waals surface area contributed by atoms with E-state index in [1.165, 1.54) is 11.8 Å². The monoisotopic (exact) mass is 507 g/mol. The normalized spacial score (nSPS) is 15.5. The lowest BCUT2D eigenvalue weighted by Crippen LogP contribution is -2.31. The lowest BCUT2D eigenvalue weighted by molar-refractivity contribution is 0.0857. The molecule has 190 valence electrons. The molecule has 2 aromatic carbocycles. The molecule has 2 heterocycles. The van der Waals surface area contributed by atoms with Crippen LogP contribution in [0.15, 0.2) is 52.4 Å². The van der Waals surface area contributed by atoms with Gasteiger partial charge in [0, 0.05) is 30.8 Å². The summed E-state index contributed by atoms with van der Waals surface area (Å²) in [5.41, 5.74) is 2.47. The van der Waals surface area contributed by atoms with Crippen LogP contribution in [0.2, 0.25) is 0 Å². The number of rotatable bonds is 10. The Bertz CT molecular complexity index is 1290. The number of hydrogen-bond donors (Lipinski definition) is 1. The van der Waals surface area contributed by atoms with E-state index in [1.54, 1.807) is 22.8 Å². The van der Waals surface area contributed by atoms with Crippen molar-refractivity contribution in [1.29, 1.82) is 0 Å². The van der Waals surface area contributed by atoms with Crippen molar-refractivity contribution in [2.75, 3.05) is 18.9 Å². The summed E-state index contributed by atoms with van der Waals surface area (Å²) in [7, 11) is 0. The molecule has 0 aliphatic carbocycles. The number of amides is 1. The van der Waals surface area contributed by atoms with E-state index in [4.69, 9.17) is 9.72 Å². The first-order valence-electron chi connectivity index (χ1n) is 12.5. The predicted octanol–water partition coefficient (Wildman–Crippen LogP) is 4.63. The van der Waals surface area contributed by atoms with Gasteiger partial charge in [-0.15, -0.1) is 0 Å². The number of Topliss-reactive ketones (excluding diaryl/α,β-unsaturated/α-hetero) is 1. The van der Waals surface area contributed by atoms with E-state index < -0.39 is 0 Å². The van der Waals surface area contributed by atoms with Crippen LogP contribution in [-0.4, -0.2) is 46.2 Å². The van der Waals surface area contributed by atoms with Gasteiger partial charge in [0.1, 0.15) is 0 Å². The summed E-state index contributed by atoms with van der Waals surface area (Å²) in [6.07, 6.45) is 2.82. The minimum absolute atomic E-state index is 0.0213. The molecule has 36 heavy (non-hydrogen) atoms. The lowest BCUT2D eigenvalue weighted by Gasteiger charge is -2.15. The van der Waals surface area contributed by atoms with Gasteiger partial charge in [-0.2, -0.15) is 0 Å². The van der Waals surface area contributed by atoms with Crippen LogP contribution in [-0.2, 0) is 11.3 Å². The van der Waals surface area contributed by atoms with E-state index in [0.29, 0.717) is 46.2 Å². The second-order valence-electron chi connectivity index (χ2n) is 9.69. The van der Waals surface area contributed by atoms with E-state index in [1.807, 2.05) is 31.2 Å². The number of aryl methyl sites for hydroxylation is 1. The van der Waals surface area contributed by atoms with Crippen LogP contribution < -0.4 is 10.9 Å². The van der Waals surface area contributed by atoms with Gasteiger partial charge in [-0.1, -0.05) is 55.4 Å². The van der Waals surface area contributed by atoms with Gasteiger partial charge in [-0.05, 0) is 50.3 Å². The lowest BCUT2D eigenvalue weighted by atomic mass is 10.1. The molecule has 1 fully saturated rings. The van der Waals surface area contributed by atoms with Gasteiger partial charge in [-0.25, -0.2) is 4.98 Å². The SMILES string of the molecule is Cc1ccc(C(=O)CSc2nc3cc(C(=O)NC[C@H]4CCCO4)ccc3c(=O)n2CCC(C)C)cc1. The van der Waals surface area contributed by atoms with Gasteiger partial charge in [0.2, 0.25) is 0 Å². The first kappa shape index (κ1) is 26.1. The van der Waals surface area contributed by atoms with Crippen LogP contribution in [0.25, 0.3) is 10.9 Å². The number of nitrogens with zero attached hydrogens (tertiary/aromatic N) is 2. The summed E-state index contributed by atoms with van der Waals surface area (Å²) < 4.78 is 7.24. The molecule has 1 aliphatic rings. The van der Waals surface area contributed by atoms with Gasteiger partial charge in [0.05, 0.1) is 22.8 Å². The molecule has 0 spiro atoms. The molecule has 0 unspecified atom stereocenters. The molecular weight excluding hydrogens is 474 g/mol. The number of carbonyl (C=O) groups is 2. The van der Waals surface area contributed by atoms with Gasteiger partial charge in [-0.3, -0.25) is 19.0 Å². The average molecular weight is 508 g/mol. The van der Waals surface area contributed by atoms with Crippen LogP contribution in [0.3, 0.4) is 0 Å². The van der Waals surface area contributed by atoms with Crippen molar-refractivity contribution in [1.82, 2.24) is 14.9 Å². The molecule has 1 aromatic heterocycles. The van der Waals surface area contributed by atoms with Gasteiger partial charge in [0.15, 0.2) is 10.9 Å². The summed E-state index contributed by atoms with van der Waals surface area (Å²) in [5.74, 6) is 0.341. The summed E-state index contributed by atoms with van der Waals surface area (Å²) in [5, 5.41) is 3.87. The zero-order valence-corrected chi connectivity index (χ0v) is 21.9. The molecule has 8 heteroatoms. The molecule has 0 saturated carbocycles. The molecule has 4 rings (SSSR count). The Hall–Kier alpha value is -2.97. The molecule has 7 nitrogen and oxygen atoms in total. The topological polar surface area (TPSA) is 90.3 Å². The Morgan fingerprint density at radius 1 is 1.17 bits per heavy atom. The fourth-order valence-corrected chi connectivity index (χ4v) is 5.02. The number of fused-ring (bicyclic) bond motifs is 1. The number of hydrogen-bond acceptors (Lipinski definition) is 6. The highest BCUT2D eigenvalue weighted by atomic mass is 32.2. The third-order valence-corrected chi connectivity index (χ3v) is 7.31. The third kappa shape index (κ3) is 6.42. The minimum Gasteiger partial charge on any atom is -0.376 e. The van der Waals surface area contributed by atoms with Crippen molar-refractivity contribution in [3.05, 3.63) is 69.5 Å². The fraction of sp³-hybridized carbons (Fsp3) is 0.429. The summed E-state index contributed by atoms with van der Waals surface area (Å²) in [4.78, 5) is 43.7. The second-order valence-corrected chi connectivity index (χ2v) is 10.6. The number of ketones is 1. The largest absolute Gasteiger partial charge is 0.376 e. The Morgan fingerprint density at radius 2 is 1.92 bits per heavy atom. The van der Waals surface area contributed by atoms with Crippen LogP contribution in [0.4, 0.5) is 0 Å². The molecule has 0 bridgehead atoms. The molecule has 0 radical (unpaired) electrons. The zero-order valence-electron chi connectivity index (χ0n) is 21.1. The summed E-state index contributed by atoms with van der Waals surface area (Å²) >= 11 is 1.26. The fourth-order valence-electron chi connectivity index (χ4n) is 4.10. The number of benzene rings is 2. The van der Waals surface area contributed by atoms with Crippen LogP contribution in [0.5, 0.6) is 0 Å². The van der Waals surface area contributed by atoms with Gasteiger partial charge >= 0.3 is 0 Å². The highest BCUT2D eigenvalue weighted by Gasteiger charge is 2.19. The Kier molecular flexibility index (Phi) is 8.59. The Morgan fingerprint density at radius 3 is 2.61 bits per heavy atom. The standard InChI is InChI=1S/C28H33N3O4S/c1-18(2)12-13-31-27(34)23-11-10-21(26(33)29-16-22-5-4-14-35-22)15-24(23)30-28(31)36-17-25(32)20-8-6-19(3)7-9-20/h6-11,15,18,22H,4-5,12-14,16-17H2,1-3H3,(H,29,33)/t22-/m1/s1. The summed E-state index contributed by atoms with van der Waals surface area (Å²) in [6.45, 7) is 7.90. The molecule has 1 atom stereocenters. The number of ether oxygens (including phenoxy) is 1. The number of nitrogens with one attached hydrogen (secondary N) is 1. The number of aromatic nitrogens is 2. The molecular formula is C28H33N3O4S. The maximum Gasteiger partial charge on any atom is 0.262 e. The number of thioether (sulfide) groups is 1. The Labute approximate surface area is 215 Å². The van der Waals surface area contributed by atoms with E-state index in [2.05, 4.69) is 19.2 Å². The number of carbonyl (C=O) groups excluding carboxylic acids is 2. The van der Waals surface area contributed by atoms with Gasteiger partial charge in [0.25, 0.3) is 11.5 Å². The van der Waals surface area contributed by atoms with Crippen molar-refractivity contribution >= 4 is 34.4 Å².